The van der Waals surface area contributed by atoms with Gasteiger partial charge < -0.3 is 15.1 Å². The molecular weight excluding hydrogens is 306 g/mol. The normalized spacial score (nSPS) is 18.3. The molecule has 1 atom stereocenters. The maximum absolute atomic E-state index is 12.3. The highest BCUT2D eigenvalue weighted by molar-refractivity contribution is 7.98. The minimum atomic E-state index is 0.0770. The number of nitrogens with zero attached hydrogens (tertiary/aromatic N) is 2. The summed E-state index contributed by atoms with van der Waals surface area (Å²) >= 11 is 1.88. The first-order valence-corrected chi connectivity index (χ1v) is 9.72. The van der Waals surface area contributed by atoms with Crippen molar-refractivity contribution >= 4 is 17.8 Å². The second-order valence-electron chi connectivity index (χ2n) is 6.62. The van der Waals surface area contributed by atoms with E-state index in [0.717, 1.165) is 37.4 Å². The zero-order chi connectivity index (χ0) is 16.7. The van der Waals surface area contributed by atoms with E-state index in [4.69, 9.17) is 0 Å². The second-order valence-corrected chi connectivity index (χ2v) is 7.53. The second kappa shape index (κ2) is 9.18. The number of thioether (sulfide) groups is 1. The summed E-state index contributed by atoms with van der Waals surface area (Å²) in [6.07, 6.45) is 4.51. The van der Waals surface area contributed by atoms with Crippen molar-refractivity contribution in [3.05, 3.63) is 35.4 Å². The van der Waals surface area contributed by atoms with E-state index < -0.39 is 0 Å². The summed E-state index contributed by atoms with van der Waals surface area (Å²) in [6.45, 7) is 3.33. The molecule has 0 radical (unpaired) electrons. The zero-order valence-corrected chi connectivity index (χ0v) is 15.4. The van der Waals surface area contributed by atoms with Crippen LogP contribution in [0.15, 0.2) is 24.3 Å². The number of carbonyl (C=O) groups excluding carboxylic acids is 1. The van der Waals surface area contributed by atoms with E-state index >= 15 is 0 Å². The number of carbonyl (C=O) groups is 1. The third-order valence-corrected chi connectivity index (χ3v) is 4.98. The van der Waals surface area contributed by atoms with Crippen molar-refractivity contribution in [1.29, 1.82) is 0 Å². The molecule has 1 aliphatic rings. The SMILES string of the molecule is CSC[C@H]1CCCN(C(=O)NCc2ccc(CN(C)C)cc2)C1. The van der Waals surface area contributed by atoms with Gasteiger partial charge in [0.15, 0.2) is 0 Å². The average Bonchev–Trinajstić information content (AvgIpc) is 2.54. The predicted molar refractivity (Wildman–Crippen MR) is 98.7 cm³/mol. The molecule has 1 aromatic rings. The summed E-state index contributed by atoms with van der Waals surface area (Å²) in [4.78, 5) is 16.5. The fourth-order valence-corrected chi connectivity index (χ4v) is 3.78. The quantitative estimate of drug-likeness (QED) is 0.868. The lowest BCUT2D eigenvalue weighted by Crippen LogP contribution is -2.45. The smallest absolute Gasteiger partial charge is 0.317 e. The summed E-state index contributed by atoms with van der Waals surface area (Å²) in [7, 11) is 4.13. The van der Waals surface area contributed by atoms with Gasteiger partial charge in [0.05, 0.1) is 0 Å². The van der Waals surface area contributed by atoms with Crippen LogP contribution in [-0.4, -0.2) is 55.0 Å². The monoisotopic (exact) mass is 335 g/mol. The van der Waals surface area contributed by atoms with Crippen LogP contribution in [0.25, 0.3) is 0 Å². The van der Waals surface area contributed by atoms with Gasteiger partial charge in [-0.2, -0.15) is 11.8 Å². The van der Waals surface area contributed by atoms with Gasteiger partial charge in [-0.05, 0) is 56.0 Å². The minimum absolute atomic E-state index is 0.0770. The van der Waals surface area contributed by atoms with Gasteiger partial charge in [-0.1, -0.05) is 24.3 Å². The lowest BCUT2D eigenvalue weighted by molar-refractivity contribution is 0.170. The highest BCUT2D eigenvalue weighted by Gasteiger charge is 2.22. The Morgan fingerprint density at radius 3 is 2.65 bits per heavy atom. The van der Waals surface area contributed by atoms with Crippen LogP contribution in [0, 0.1) is 5.92 Å². The molecule has 1 aliphatic heterocycles. The van der Waals surface area contributed by atoms with Crippen molar-refractivity contribution in [2.24, 2.45) is 5.92 Å². The van der Waals surface area contributed by atoms with Gasteiger partial charge in [-0.3, -0.25) is 0 Å². The highest BCUT2D eigenvalue weighted by Crippen LogP contribution is 2.19. The molecule has 23 heavy (non-hydrogen) atoms. The van der Waals surface area contributed by atoms with Gasteiger partial charge in [-0.15, -0.1) is 0 Å². The van der Waals surface area contributed by atoms with Crippen molar-refractivity contribution in [2.75, 3.05) is 39.2 Å². The maximum atomic E-state index is 12.3. The fraction of sp³-hybridized carbons (Fsp3) is 0.611. The molecule has 2 amide bonds. The number of rotatable bonds is 6. The van der Waals surface area contributed by atoms with Gasteiger partial charge >= 0.3 is 6.03 Å². The summed E-state index contributed by atoms with van der Waals surface area (Å²) in [6, 6.07) is 8.55. The van der Waals surface area contributed by atoms with Crippen molar-refractivity contribution in [3.63, 3.8) is 0 Å². The molecule has 0 spiro atoms. The number of piperidine rings is 1. The van der Waals surface area contributed by atoms with Gasteiger partial charge in [-0.25, -0.2) is 4.79 Å². The van der Waals surface area contributed by atoms with Gasteiger partial charge in [0.25, 0.3) is 0 Å². The molecule has 0 bridgehead atoms. The Hall–Kier alpha value is -1.20. The first-order valence-electron chi connectivity index (χ1n) is 8.32. The third-order valence-electron chi connectivity index (χ3n) is 4.17. The van der Waals surface area contributed by atoms with Crippen molar-refractivity contribution in [1.82, 2.24) is 15.1 Å². The summed E-state index contributed by atoms with van der Waals surface area (Å²) in [5.74, 6) is 1.80. The molecule has 1 aromatic carbocycles. The van der Waals surface area contributed by atoms with E-state index in [0.29, 0.717) is 12.5 Å². The first kappa shape index (κ1) is 18.1. The number of urea groups is 1. The van der Waals surface area contributed by atoms with E-state index in [2.05, 4.69) is 54.8 Å². The standard InChI is InChI=1S/C18H29N3OS/c1-20(2)12-16-8-6-15(7-9-16)11-19-18(22)21-10-4-5-17(13-21)14-23-3/h6-9,17H,4-5,10-14H2,1-3H3,(H,19,22)/t17-/m0/s1. The Morgan fingerprint density at radius 1 is 1.30 bits per heavy atom. The highest BCUT2D eigenvalue weighted by atomic mass is 32.2. The number of nitrogens with one attached hydrogen (secondary N) is 1. The molecule has 4 nitrogen and oxygen atoms in total. The zero-order valence-electron chi connectivity index (χ0n) is 14.5. The molecule has 1 N–H and O–H groups in total. The molecular formula is C18H29N3OS. The molecule has 128 valence electrons. The number of hydrogen-bond acceptors (Lipinski definition) is 3. The van der Waals surface area contributed by atoms with E-state index in [-0.39, 0.29) is 6.03 Å². The van der Waals surface area contributed by atoms with Crippen LogP contribution in [0.3, 0.4) is 0 Å². The van der Waals surface area contributed by atoms with Crippen LogP contribution >= 0.6 is 11.8 Å². The number of hydrogen-bond donors (Lipinski definition) is 1. The molecule has 0 unspecified atom stereocenters. The van der Waals surface area contributed by atoms with Crippen LogP contribution in [0.4, 0.5) is 4.79 Å². The van der Waals surface area contributed by atoms with Crippen molar-refractivity contribution < 1.29 is 4.79 Å². The van der Waals surface area contributed by atoms with Crippen LogP contribution in [0.1, 0.15) is 24.0 Å². The number of amides is 2. The third kappa shape index (κ3) is 6.07. The van der Waals surface area contributed by atoms with Gasteiger partial charge in [0, 0.05) is 26.2 Å². The molecule has 0 saturated carbocycles. The fourth-order valence-electron chi connectivity index (χ4n) is 3.04. The summed E-state index contributed by atoms with van der Waals surface area (Å²) in [5, 5.41) is 3.06. The van der Waals surface area contributed by atoms with E-state index in [1.54, 1.807) is 0 Å². The molecule has 1 saturated heterocycles. The molecule has 5 heteroatoms. The molecule has 1 heterocycles. The van der Waals surface area contributed by atoms with E-state index in [1.807, 2.05) is 16.7 Å². The van der Waals surface area contributed by atoms with Crippen LogP contribution in [0.5, 0.6) is 0 Å². The maximum Gasteiger partial charge on any atom is 0.317 e. The molecule has 1 fully saturated rings. The topological polar surface area (TPSA) is 35.6 Å². The van der Waals surface area contributed by atoms with E-state index in [9.17, 15) is 4.79 Å². The summed E-state index contributed by atoms with van der Waals surface area (Å²) in [5.41, 5.74) is 2.44. The van der Waals surface area contributed by atoms with Crippen LogP contribution < -0.4 is 5.32 Å². The van der Waals surface area contributed by atoms with Crippen molar-refractivity contribution in [3.8, 4) is 0 Å². The molecule has 0 aliphatic carbocycles. The minimum Gasteiger partial charge on any atom is -0.334 e. The first-order chi connectivity index (χ1) is 11.1. The number of benzene rings is 1. The Balaban J connectivity index is 1.79. The Morgan fingerprint density at radius 2 is 2.00 bits per heavy atom. The van der Waals surface area contributed by atoms with Crippen LogP contribution in [-0.2, 0) is 13.1 Å². The van der Waals surface area contributed by atoms with Crippen molar-refractivity contribution in [2.45, 2.75) is 25.9 Å². The van der Waals surface area contributed by atoms with Gasteiger partial charge in [0.2, 0.25) is 0 Å². The number of likely N-dealkylation sites (tertiary alicyclic amines) is 1. The Labute approximate surface area is 144 Å². The lowest BCUT2D eigenvalue weighted by Gasteiger charge is -2.32. The largest absolute Gasteiger partial charge is 0.334 e. The van der Waals surface area contributed by atoms with Crippen LogP contribution in [0.2, 0.25) is 0 Å². The summed E-state index contributed by atoms with van der Waals surface area (Å²) < 4.78 is 0. The Bertz CT molecular complexity index is 488. The lowest BCUT2D eigenvalue weighted by atomic mass is 10.0. The molecule has 2 rings (SSSR count). The molecule has 0 aromatic heterocycles. The van der Waals surface area contributed by atoms with E-state index in [1.165, 1.54) is 12.0 Å². The predicted octanol–water partition coefficient (Wildman–Crippen LogP) is 3.03. The van der Waals surface area contributed by atoms with Gasteiger partial charge in [0.1, 0.15) is 0 Å². The Kier molecular flexibility index (Phi) is 7.24. The average molecular weight is 336 g/mol.